The van der Waals surface area contributed by atoms with Crippen molar-refractivity contribution in [2.24, 2.45) is 0 Å². The van der Waals surface area contributed by atoms with Crippen LogP contribution in [0.15, 0.2) is 18.2 Å². The molecule has 0 spiro atoms. The summed E-state index contributed by atoms with van der Waals surface area (Å²) in [7, 11) is 1.64. The monoisotopic (exact) mass is 231 g/mol. The van der Waals surface area contributed by atoms with Gasteiger partial charge in [0.1, 0.15) is 5.75 Å². The molecular formula is C14H17NO2. The second kappa shape index (κ2) is 4.62. The summed E-state index contributed by atoms with van der Waals surface area (Å²) < 4.78 is 7.40. The number of carbonyl (C=O) groups is 1. The molecule has 0 saturated carbocycles. The number of benzene rings is 1. The van der Waals surface area contributed by atoms with E-state index in [9.17, 15) is 4.79 Å². The van der Waals surface area contributed by atoms with E-state index in [4.69, 9.17) is 4.74 Å². The van der Waals surface area contributed by atoms with Crippen LogP contribution in [0.1, 0.15) is 29.4 Å². The molecule has 0 fully saturated rings. The van der Waals surface area contributed by atoms with Crippen molar-refractivity contribution in [1.82, 2.24) is 4.57 Å². The normalized spacial score (nSPS) is 10.8. The molecule has 0 unspecified atom stereocenters. The van der Waals surface area contributed by atoms with E-state index in [1.165, 1.54) is 0 Å². The summed E-state index contributed by atoms with van der Waals surface area (Å²) in [5.41, 5.74) is 2.91. The van der Waals surface area contributed by atoms with Crippen molar-refractivity contribution in [3.8, 4) is 5.75 Å². The molecule has 17 heavy (non-hydrogen) atoms. The van der Waals surface area contributed by atoms with Gasteiger partial charge in [-0.3, -0.25) is 4.79 Å². The highest BCUT2D eigenvalue weighted by atomic mass is 16.5. The van der Waals surface area contributed by atoms with Crippen molar-refractivity contribution >= 4 is 17.2 Å². The Morgan fingerprint density at radius 1 is 1.41 bits per heavy atom. The van der Waals surface area contributed by atoms with Crippen LogP contribution in [0.3, 0.4) is 0 Å². The van der Waals surface area contributed by atoms with E-state index in [0.29, 0.717) is 0 Å². The first kappa shape index (κ1) is 11.7. The number of hydrogen-bond acceptors (Lipinski definition) is 2. The molecule has 0 radical (unpaired) electrons. The van der Waals surface area contributed by atoms with Gasteiger partial charge in [0, 0.05) is 28.7 Å². The van der Waals surface area contributed by atoms with E-state index in [1.54, 1.807) is 7.11 Å². The van der Waals surface area contributed by atoms with Crippen LogP contribution < -0.4 is 4.74 Å². The fraction of sp³-hybridized carbons (Fsp3) is 0.357. The molecule has 1 heterocycles. The Morgan fingerprint density at radius 2 is 2.18 bits per heavy atom. The average Bonchev–Trinajstić information content (AvgIpc) is 2.62. The smallest absolute Gasteiger partial charge is 0.152 e. The molecule has 0 aliphatic rings. The van der Waals surface area contributed by atoms with Gasteiger partial charge in [0.15, 0.2) is 6.29 Å². The zero-order chi connectivity index (χ0) is 12.4. The summed E-state index contributed by atoms with van der Waals surface area (Å²) in [6, 6.07) is 5.88. The van der Waals surface area contributed by atoms with Crippen molar-refractivity contribution in [3.63, 3.8) is 0 Å². The van der Waals surface area contributed by atoms with Gasteiger partial charge >= 0.3 is 0 Å². The molecule has 0 atom stereocenters. The van der Waals surface area contributed by atoms with Gasteiger partial charge in [-0.2, -0.15) is 0 Å². The van der Waals surface area contributed by atoms with Gasteiger partial charge in [0.2, 0.25) is 0 Å². The Kier molecular flexibility index (Phi) is 3.18. The third kappa shape index (κ3) is 1.82. The quantitative estimate of drug-likeness (QED) is 0.757. The number of fused-ring (bicyclic) bond motifs is 1. The number of ether oxygens (including phenoxy) is 1. The molecule has 0 aliphatic heterocycles. The van der Waals surface area contributed by atoms with E-state index in [0.717, 1.165) is 47.2 Å². The average molecular weight is 231 g/mol. The molecule has 0 N–H and O–H groups in total. The topological polar surface area (TPSA) is 31.2 Å². The van der Waals surface area contributed by atoms with Crippen molar-refractivity contribution in [1.29, 1.82) is 0 Å². The maximum Gasteiger partial charge on any atom is 0.152 e. The predicted octanol–water partition coefficient (Wildman–Crippen LogP) is 3.18. The second-order valence-corrected chi connectivity index (χ2v) is 4.15. The molecule has 2 aromatic rings. The van der Waals surface area contributed by atoms with Gasteiger partial charge in [-0.1, -0.05) is 6.92 Å². The zero-order valence-electron chi connectivity index (χ0n) is 10.5. The lowest BCUT2D eigenvalue weighted by molar-refractivity contribution is 0.112. The highest BCUT2D eigenvalue weighted by Crippen LogP contribution is 2.28. The van der Waals surface area contributed by atoms with Crippen LogP contribution in [0.4, 0.5) is 0 Å². The first-order valence-electron chi connectivity index (χ1n) is 5.85. The van der Waals surface area contributed by atoms with Crippen LogP contribution in [0.5, 0.6) is 5.75 Å². The predicted molar refractivity (Wildman–Crippen MR) is 68.9 cm³/mol. The summed E-state index contributed by atoms with van der Waals surface area (Å²) in [4.78, 5) is 11.2. The number of nitrogens with zero attached hydrogens (tertiary/aromatic N) is 1. The Bertz CT molecular complexity index is 555. The summed E-state index contributed by atoms with van der Waals surface area (Å²) in [5, 5.41) is 0.977. The standard InChI is InChI=1S/C14H17NO2/c1-4-7-15-10(2)13(9-16)12-8-11(17-3)5-6-14(12)15/h5-6,8-9H,4,7H2,1-3H3. The van der Waals surface area contributed by atoms with Crippen LogP contribution in [-0.4, -0.2) is 18.0 Å². The molecule has 2 rings (SSSR count). The molecule has 0 bridgehead atoms. The SMILES string of the molecule is CCCn1c(C)c(C=O)c2cc(OC)ccc21. The number of aldehydes is 1. The van der Waals surface area contributed by atoms with Gasteiger partial charge in [-0.25, -0.2) is 0 Å². The van der Waals surface area contributed by atoms with Crippen LogP contribution in [0.2, 0.25) is 0 Å². The van der Waals surface area contributed by atoms with Crippen LogP contribution in [-0.2, 0) is 6.54 Å². The molecule has 0 saturated heterocycles. The molecule has 90 valence electrons. The van der Waals surface area contributed by atoms with Crippen molar-refractivity contribution in [2.45, 2.75) is 26.8 Å². The van der Waals surface area contributed by atoms with E-state index in [-0.39, 0.29) is 0 Å². The fourth-order valence-corrected chi connectivity index (χ4v) is 2.27. The number of aromatic nitrogens is 1. The number of carbonyl (C=O) groups excluding carboxylic acids is 1. The maximum atomic E-state index is 11.2. The minimum atomic E-state index is 0.771. The van der Waals surface area contributed by atoms with Gasteiger partial charge in [-0.15, -0.1) is 0 Å². The van der Waals surface area contributed by atoms with E-state index < -0.39 is 0 Å². The van der Waals surface area contributed by atoms with E-state index in [2.05, 4.69) is 11.5 Å². The lowest BCUT2D eigenvalue weighted by Gasteiger charge is -2.06. The summed E-state index contributed by atoms with van der Waals surface area (Å²) in [5.74, 6) is 0.786. The minimum absolute atomic E-state index is 0.771. The molecular weight excluding hydrogens is 214 g/mol. The van der Waals surface area contributed by atoms with Crippen molar-refractivity contribution in [2.75, 3.05) is 7.11 Å². The summed E-state index contributed by atoms with van der Waals surface area (Å²) >= 11 is 0. The summed E-state index contributed by atoms with van der Waals surface area (Å²) in [6.45, 7) is 5.06. The minimum Gasteiger partial charge on any atom is -0.497 e. The Labute approximate surface area is 101 Å². The van der Waals surface area contributed by atoms with Gasteiger partial charge in [0.25, 0.3) is 0 Å². The third-order valence-corrected chi connectivity index (χ3v) is 3.14. The zero-order valence-corrected chi connectivity index (χ0v) is 10.5. The van der Waals surface area contributed by atoms with Crippen LogP contribution >= 0.6 is 0 Å². The largest absolute Gasteiger partial charge is 0.497 e. The number of rotatable bonds is 4. The number of hydrogen-bond donors (Lipinski definition) is 0. The summed E-state index contributed by atoms with van der Waals surface area (Å²) in [6.07, 6.45) is 1.98. The Morgan fingerprint density at radius 3 is 2.76 bits per heavy atom. The molecule has 1 aromatic carbocycles. The lowest BCUT2D eigenvalue weighted by Crippen LogP contribution is -1.99. The molecule has 0 amide bonds. The third-order valence-electron chi connectivity index (χ3n) is 3.14. The highest BCUT2D eigenvalue weighted by Gasteiger charge is 2.13. The molecule has 1 aromatic heterocycles. The van der Waals surface area contributed by atoms with E-state index >= 15 is 0 Å². The maximum absolute atomic E-state index is 11.2. The first-order chi connectivity index (χ1) is 8.22. The Balaban J connectivity index is 2.75. The molecule has 3 heteroatoms. The highest BCUT2D eigenvalue weighted by molar-refractivity contribution is 6.00. The van der Waals surface area contributed by atoms with Crippen LogP contribution in [0.25, 0.3) is 10.9 Å². The second-order valence-electron chi connectivity index (χ2n) is 4.15. The number of aryl methyl sites for hydroxylation is 1. The molecule has 0 aliphatic carbocycles. The van der Waals surface area contributed by atoms with Gasteiger partial charge in [0.05, 0.1) is 7.11 Å². The number of methoxy groups -OCH3 is 1. The van der Waals surface area contributed by atoms with Crippen molar-refractivity contribution < 1.29 is 9.53 Å². The van der Waals surface area contributed by atoms with Gasteiger partial charge < -0.3 is 9.30 Å². The first-order valence-corrected chi connectivity index (χ1v) is 5.85. The lowest BCUT2D eigenvalue weighted by atomic mass is 10.1. The molecule has 3 nitrogen and oxygen atoms in total. The Hall–Kier alpha value is -1.77. The van der Waals surface area contributed by atoms with Crippen molar-refractivity contribution in [3.05, 3.63) is 29.5 Å². The fourth-order valence-electron chi connectivity index (χ4n) is 2.27. The van der Waals surface area contributed by atoms with Crippen LogP contribution in [0, 0.1) is 6.92 Å². The van der Waals surface area contributed by atoms with E-state index in [1.807, 2.05) is 25.1 Å². The van der Waals surface area contributed by atoms with Gasteiger partial charge in [-0.05, 0) is 31.5 Å².